The molecule has 0 amide bonds. The van der Waals surface area contributed by atoms with Gasteiger partial charge in [0.2, 0.25) is 0 Å². The van der Waals surface area contributed by atoms with Crippen LogP contribution in [0, 0.1) is 11.6 Å². The number of H-pyrrole nitrogens is 1. The predicted octanol–water partition coefficient (Wildman–Crippen LogP) is 4.17. The minimum atomic E-state index is -0.368. The molecular formula is C15H7F2NOS. The lowest BCUT2D eigenvalue weighted by atomic mass is 10.1. The van der Waals surface area contributed by atoms with Gasteiger partial charge in [-0.3, -0.25) is 4.79 Å². The quantitative estimate of drug-likeness (QED) is 0.517. The third kappa shape index (κ3) is 1.50. The van der Waals surface area contributed by atoms with Crippen LogP contribution in [0.4, 0.5) is 8.78 Å². The van der Waals surface area contributed by atoms with Gasteiger partial charge in [0.1, 0.15) is 16.3 Å². The zero-order chi connectivity index (χ0) is 13.9. The SMILES string of the molecule is O=c1[nH]c2ccc(F)cc2c2c1sc1cc(F)ccc12. The monoisotopic (exact) mass is 287 g/mol. The van der Waals surface area contributed by atoms with Gasteiger partial charge < -0.3 is 4.98 Å². The number of nitrogens with one attached hydrogen (secondary N) is 1. The molecule has 98 valence electrons. The number of aromatic nitrogens is 1. The van der Waals surface area contributed by atoms with Gasteiger partial charge in [0, 0.05) is 26.4 Å². The van der Waals surface area contributed by atoms with Crippen molar-refractivity contribution < 1.29 is 8.78 Å². The summed E-state index contributed by atoms with van der Waals surface area (Å²) in [5, 5.41) is 2.09. The van der Waals surface area contributed by atoms with Gasteiger partial charge in [0.25, 0.3) is 5.56 Å². The average molecular weight is 287 g/mol. The Bertz CT molecular complexity index is 1050. The number of thiophene rings is 1. The molecule has 1 N–H and O–H groups in total. The second-order valence-corrected chi connectivity index (χ2v) is 5.64. The van der Waals surface area contributed by atoms with E-state index in [1.165, 1.54) is 35.6 Å². The van der Waals surface area contributed by atoms with Gasteiger partial charge >= 0.3 is 0 Å². The fourth-order valence-corrected chi connectivity index (χ4v) is 3.65. The van der Waals surface area contributed by atoms with E-state index in [0.717, 1.165) is 5.39 Å². The molecule has 0 atom stereocenters. The first kappa shape index (κ1) is 11.5. The largest absolute Gasteiger partial charge is 0.321 e. The molecule has 0 aliphatic carbocycles. The standard InChI is InChI=1S/C15H7F2NOS/c16-7-2-4-11-10(5-7)13-9-3-1-8(17)6-12(9)20-14(13)15(19)18-11/h1-6H,(H,18,19). The summed E-state index contributed by atoms with van der Waals surface area (Å²) in [6, 6.07) is 8.61. The van der Waals surface area contributed by atoms with Crippen LogP contribution in [0.25, 0.3) is 31.1 Å². The number of hydrogen-bond donors (Lipinski definition) is 1. The van der Waals surface area contributed by atoms with Crippen molar-refractivity contribution >= 4 is 42.4 Å². The van der Waals surface area contributed by atoms with Gasteiger partial charge in [0.15, 0.2) is 0 Å². The van der Waals surface area contributed by atoms with E-state index in [1.54, 1.807) is 12.1 Å². The lowest BCUT2D eigenvalue weighted by Gasteiger charge is -2.00. The zero-order valence-electron chi connectivity index (χ0n) is 10.0. The minimum Gasteiger partial charge on any atom is -0.321 e. The Morgan fingerprint density at radius 1 is 0.950 bits per heavy atom. The van der Waals surface area contributed by atoms with Crippen molar-refractivity contribution in [2.75, 3.05) is 0 Å². The molecule has 0 aliphatic heterocycles. The molecule has 4 aromatic rings. The maximum atomic E-state index is 13.5. The summed E-state index contributed by atoms with van der Waals surface area (Å²) >= 11 is 1.22. The van der Waals surface area contributed by atoms with Crippen molar-refractivity contribution in [1.29, 1.82) is 0 Å². The van der Waals surface area contributed by atoms with E-state index in [4.69, 9.17) is 0 Å². The van der Waals surface area contributed by atoms with Crippen LogP contribution < -0.4 is 5.56 Å². The highest BCUT2D eigenvalue weighted by atomic mass is 32.1. The van der Waals surface area contributed by atoms with E-state index in [-0.39, 0.29) is 17.2 Å². The van der Waals surface area contributed by atoms with Crippen molar-refractivity contribution in [1.82, 2.24) is 4.98 Å². The molecule has 0 saturated carbocycles. The van der Waals surface area contributed by atoms with E-state index in [2.05, 4.69) is 4.98 Å². The zero-order valence-corrected chi connectivity index (χ0v) is 10.9. The molecule has 2 nitrogen and oxygen atoms in total. The molecule has 0 spiro atoms. The summed E-state index contributed by atoms with van der Waals surface area (Å²) in [6.45, 7) is 0. The normalized spacial score (nSPS) is 11.7. The van der Waals surface area contributed by atoms with Crippen LogP contribution in [-0.4, -0.2) is 4.98 Å². The van der Waals surface area contributed by atoms with E-state index >= 15 is 0 Å². The Hall–Kier alpha value is -2.27. The second kappa shape index (κ2) is 3.86. The number of hydrogen-bond acceptors (Lipinski definition) is 2. The first-order valence-electron chi connectivity index (χ1n) is 5.97. The van der Waals surface area contributed by atoms with Gasteiger partial charge in [-0.25, -0.2) is 8.78 Å². The number of halogens is 2. The van der Waals surface area contributed by atoms with Crippen LogP contribution in [0.2, 0.25) is 0 Å². The van der Waals surface area contributed by atoms with E-state index in [9.17, 15) is 13.6 Å². The Morgan fingerprint density at radius 2 is 1.70 bits per heavy atom. The molecule has 5 heteroatoms. The average Bonchev–Trinajstić information content (AvgIpc) is 2.79. The van der Waals surface area contributed by atoms with Gasteiger partial charge in [-0.2, -0.15) is 0 Å². The van der Waals surface area contributed by atoms with E-state index in [1.807, 2.05) is 0 Å². The van der Waals surface area contributed by atoms with Crippen molar-refractivity contribution in [3.63, 3.8) is 0 Å². The first-order valence-corrected chi connectivity index (χ1v) is 6.78. The van der Waals surface area contributed by atoms with Crippen LogP contribution in [0.1, 0.15) is 0 Å². The van der Waals surface area contributed by atoms with Gasteiger partial charge in [0.05, 0.1) is 0 Å². The Labute approximate surface area is 115 Å². The summed E-state index contributed by atoms with van der Waals surface area (Å²) in [5.74, 6) is -0.719. The van der Waals surface area contributed by atoms with Crippen LogP contribution in [0.5, 0.6) is 0 Å². The second-order valence-electron chi connectivity index (χ2n) is 4.59. The molecule has 4 rings (SSSR count). The summed E-state index contributed by atoms with van der Waals surface area (Å²) < 4.78 is 28.0. The number of aromatic amines is 1. The number of fused-ring (bicyclic) bond motifs is 5. The van der Waals surface area contributed by atoms with Crippen LogP contribution >= 0.6 is 11.3 Å². The van der Waals surface area contributed by atoms with Crippen LogP contribution in [0.15, 0.2) is 41.2 Å². The first-order chi connectivity index (χ1) is 9.63. The molecule has 0 fully saturated rings. The molecule has 2 aromatic heterocycles. The third-order valence-electron chi connectivity index (χ3n) is 3.36. The molecule has 20 heavy (non-hydrogen) atoms. The summed E-state index contributed by atoms with van der Waals surface area (Å²) in [6.07, 6.45) is 0. The molecule has 0 unspecified atom stereocenters. The van der Waals surface area contributed by atoms with Gasteiger partial charge in [-0.05, 0) is 36.4 Å². The Morgan fingerprint density at radius 3 is 2.55 bits per heavy atom. The number of pyridine rings is 1. The van der Waals surface area contributed by atoms with Crippen molar-refractivity contribution in [2.24, 2.45) is 0 Å². The van der Waals surface area contributed by atoms with Crippen molar-refractivity contribution in [2.45, 2.75) is 0 Å². The van der Waals surface area contributed by atoms with E-state index < -0.39 is 0 Å². The summed E-state index contributed by atoms with van der Waals surface area (Å²) in [7, 11) is 0. The molecule has 0 aliphatic rings. The lowest BCUT2D eigenvalue weighted by molar-refractivity contribution is 0.629. The maximum absolute atomic E-state index is 13.5. The Kier molecular flexibility index (Phi) is 2.23. The highest BCUT2D eigenvalue weighted by Crippen LogP contribution is 2.36. The topological polar surface area (TPSA) is 32.9 Å². The molecule has 0 radical (unpaired) electrons. The van der Waals surface area contributed by atoms with Crippen LogP contribution in [-0.2, 0) is 0 Å². The van der Waals surface area contributed by atoms with Gasteiger partial charge in [-0.15, -0.1) is 11.3 Å². The number of benzene rings is 2. The molecule has 2 heterocycles. The van der Waals surface area contributed by atoms with Crippen LogP contribution in [0.3, 0.4) is 0 Å². The Balaban J connectivity index is 2.37. The molecular weight excluding hydrogens is 280 g/mol. The minimum absolute atomic E-state index is 0.235. The van der Waals surface area contributed by atoms with Crippen molar-refractivity contribution in [3.05, 3.63) is 58.4 Å². The summed E-state index contributed by atoms with van der Waals surface area (Å²) in [5.41, 5.74) is 0.341. The van der Waals surface area contributed by atoms with Crippen molar-refractivity contribution in [3.8, 4) is 0 Å². The third-order valence-corrected chi connectivity index (χ3v) is 4.51. The molecule has 0 saturated heterocycles. The summed E-state index contributed by atoms with van der Waals surface area (Å²) in [4.78, 5) is 14.8. The highest BCUT2D eigenvalue weighted by molar-refractivity contribution is 7.26. The fraction of sp³-hybridized carbons (Fsp3) is 0. The maximum Gasteiger partial charge on any atom is 0.266 e. The highest BCUT2D eigenvalue weighted by Gasteiger charge is 2.13. The van der Waals surface area contributed by atoms with Gasteiger partial charge in [-0.1, -0.05) is 0 Å². The smallest absolute Gasteiger partial charge is 0.266 e. The fourth-order valence-electron chi connectivity index (χ4n) is 2.51. The predicted molar refractivity (Wildman–Crippen MR) is 77.4 cm³/mol. The number of rotatable bonds is 0. The molecule has 0 bridgehead atoms. The lowest BCUT2D eigenvalue weighted by Crippen LogP contribution is -2.04. The van der Waals surface area contributed by atoms with E-state index in [0.29, 0.717) is 25.7 Å². The molecule has 2 aromatic carbocycles.